The molecule has 2 aromatic carbocycles. The summed E-state index contributed by atoms with van der Waals surface area (Å²) in [5, 5.41) is 6.86. The van der Waals surface area contributed by atoms with Gasteiger partial charge in [0.1, 0.15) is 5.75 Å². The van der Waals surface area contributed by atoms with E-state index in [2.05, 4.69) is 10.4 Å². The lowest BCUT2D eigenvalue weighted by molar-refractivity contribution is -0.143. The molecule has 1 amide bonds. The minimum absolute atomic E-state index is 0.112. The Morgan fingerprint density at radius 1 is 1.13 bits per heavy atom. The highest BCUT2D eigenvalue weighted by Gasteiger charge is 2.40. The summed E-state index contributed by atoms with van der Waals surface area (Å²) in [6, 6.07) is 10.1. The van der Waals surface area contributed by atoms with Crippen LogP contribution in [0.2, 0.25) is 10.0 Å². The van der Waals surface area contributed by atoms with Gasteiger partial charge in [-0.05, 0) is 48.9 Å². The van der Waals surface area contributed by atoms with Crippen LogP contribution in [-0.4, -0.2) is 22.3 Å². The largest absolute Gasteiger partial charge is 0.491 e. The topological polar surface area (TPSA) is 56.1 Å². The molecule has 0 radical (unpaired) electrons. The van der Waals surface area contributed by atoms with Crippen LogP contribution in [0.15, 0.2) is 48.7 Å². The lowest BCUT2D eigenvalue weighted by Gasteiger charge is -2.15. The summed E-state index contributed by atoms with van der Waals surface area (Å²) in [6.45, 7) is 2.27. The molecule has 0 atom stereocenters. The molecule has 0 fully saturated rings. The minimum atomic E-state index is -4.83. The van der Waals surface area contributed by atoms with Gasteiger partial charge in [0.25, 0.3) is 5.91 Å². The highest BCUT2D eigenvalue weighted by molar-refractivity contribution is 6.31. The van der Waals surface area contributed by atoms with Crippen molar-refractivity contribution in [3.05, 3.63) is 70.0 Å². The van der Waals surface area contributed by atoms with Crippen molar-refractivity contribution in [2.75, 3.05) is 11.9 Å². The van der Waals surface area contributed by atoms with Gasteiger partial charge in [-0.2, -0.15) is 18.3 Å². The van der Waals surface area contributed by atoms with Gasteiger partial charge in [-0.15, -0.1) is 0 Å². The molecule has 0 aliphatic carbocycles. The third kappa shape index (κ3) is 4.88. The molecule has 30 heavy (non-hydrogen) atoms. The maximum Gasteiger partial charge on any atom is 0.434 e. The van der Waals surface area contributed by atoms with Crippen LogP contribution in [-0.2, 0) is 6.18 Å². The van der Waals surface area contributed by atoms with Gasteiger partial charge in [-0.3, -0.25) is 4.79 Å². The summed E-state index contributed by atoms with van der Waals surface area (Å²) in [4.78, 5) is 12.7. The molecular formula is C20H16Cl2F3N3O2. The number of carbonyl (C=O) groups excluding carboxylic acids is 1. The van der Waals surface area contributed by atoms with Crippen molar-refractivity contribution in [3.8, 4) is 11.4 Å². The number of rotatable bonds is 6. The SMILES string of the molecule is CCCOc1ccc(Cl)cc1NC(=O)c1cnn(-c2ccc(Cl)cc2)c1C(F)(F)F. The van der Waals surface area contributed by atoms with Crippen molar-refractivity contribution in [1.29, 1.82) is 0 Å². The van der Waals surface area contributed by atoms with E-state index >= 15 is 0 Å². The second kappa shape index (κ2) is 8.97. The highest BCUT2D eigenvalue weighted by Crippen LogP contribution is 2.35. The molecular weight excluding hydrogens is 442 g/mol. The third-order valence-corrected chi connectivity index (χ3v) is 4.49. The summed E-state index contributed by atoms with van der Waals surface area (Å²) in [6.07, 6.45) is -3.26. The first-order valence-corrected chi connectivity index (χ1v) is 9.61. The third-order valence-electron chi connectivity index (χ3n) is 4.01. The zero-order valence-corrected chi connectivity index (χ0v) is 17.1. The second-order valence-electron chi connectivity index (χ2n) is 6.24. The van der Waals surface area contributed by atoms with Gasteiger partial charge in [0.2, 0.25) is 0 Å². The zero-order chi connectivity index (χ0) is 21.9. The van der Waals surface area contributed by atoms with Crippen LogP contribution in [0.5, 0.6) is 5.75 Å². The quantitative estimate of drug-likeness (QED) is 0.476. The molecule has 0 spiro atoms. The van der Waals surface area contributed by atoms with Gasteiger partial charge in [-0.25, -0.2) is 4.68 Å². The first-order valence-electron chi connectivity index (χ1n) is 8.85. The number of nitrogens with zero attached hydrogens (tertiary/aromatic N) is 2. The fourth-order valence-electron chi connectivity index (χ4n) is 2.69. The lowest BCUT2D eigenvalue weighted by Crippen LogP contribution is -2.21. The number of alkyl halides is 3. The zero-order valence-electron chi connectivity index (χ0n) is 15.6. The maximum atomic E-state index is 13.8. The van der Waals surface area contributed by atoms with Crippen molar-refractivity contribution in [1.82, 2.24) is 9.78 Å². The van der Waals surface area contributed by atoms with E-state index in [1.165, 1.54) is 36.4 Å². The number of halogens is 5. The average Bonchev–Trinajstić information content (AvgIpc) is 3.14. The Morgan fingerprint density at radius 2 is 1.80 bits per heavy atom. The molecule has 1 aromatic heterocycles. The summed E-state index contributed by atoms with van der Waals surface area (Å²) in [5.74, 6) is -0.695. The Kier molecular flexibility index (Phi) is 6.58. The van der Waals surface area contributed by atoms with E-state index in [4.69, 9.17) is 27.9 Å². The van der Waals surface area contributed by atoms with Crippen molar-refractivity contribution in [3.63, 3.8) is 0 Å². The van der Waals surface area contributed by atoms with Gasteiger partial charge in [-0.1, -0.05) is 30.1 Å². The molecule has 0 aliphatic rings. The van der Waals surface area contributed by atoms with Gasteiger partial charge >= 0.3 is 6.18 Å². The summed E-state index contributed by atoms with van der Waals surface area (Å²) in [7, 11) is 0. The first-order chi connectivity index (χ1) is 14.2. The van der Waals surface area contributed by atoms with Crippen LogP contribution in [0.25, 0.3) is 5.69 Å². The lowest BCUT2D eigenvalue weighted by atomic mass is 10.2. The van der Waals surface area contributed by atoms with E-state index in [-0.39, 0.29) is 11.4 Å². The van der Waals surface area contributed by atoms with Crippen molar-refractivity contribution < 1.29 is 22.7 Å². The predicted octanol–water partition coefficient (Wildman–Crippen LogP) is 6.24. The van der Waals surface area contributed by atoms with Gasteiger partial charge in [0.05, 0.1) is 29.7 Å². The molecule has 0 saturated heterocycles. The smallest absolute Gasteiger partial charge is 0.434 e. The molecule has 5 nitrogen and oxygen atoms in total. The highest BCUT2D eigenvalue weighted by atomic mass is 35.5. The number of hydrogen-bond acceptors (Lipinski definition) is 3. The first kappa shape index (κ1) is 22.0. The van der Waals surface area contributed by atoms with Crippen LogP contribution < -0.4 is 10.1 Å². The average molecular weight is 458 g/mol. The Labute approximate surface area is 180 Å². The molecule has 3 rings (SSSR count). The van der Waals surface area contributed by atoms with Crippen LogP contribution in [0.1, 0.15) is 29.4 Å². The molecule has 0 unspecified atom stereocenters. The summed E-state index contributed by atoms with van der Waals surface area (Å²) >= 11 is 11.8. The maximum absolute atomic E-state index is 13.8. The van der Waals surface area contributed by atoms with E-state index < -0.39 is 23.3 Å². The number of ether oxygens (including phenoxy) is 1. The number of carbonyl (C=O) groups is 1. The standard InChI is InChI=1S/C20H16Cl2F3N3O2/c1-2-9-30-17-8-5-13(22)10-16(17)27-19(29)15-11-26-28(18(15)20(23,24)25)14-6-3-12(21)4-7-14/h3-8,10-11H,2,9H2,1H3,(H,27,29). The molecule has 0 saturated carbocycles. The number of anilines is 1. The Bertz CT molecular complexity index is 1050. The fraction of sp³-hybridized carbons (Fsp3) is 0.200. The predicted molar refractivity (Wildman–Crippen MR) is 109 cm³/mol. The normalized spacial score (nSPS) is 11.4. The van der Waals surface area contributed by atoms with Gasteiger partial charge < -0.3 is 10.1 Å². The van der Waals surface area contributed by atoms with Gasteiger partial charge in [0.15, 0.2) is 5.69 Å². The monoisotopic (exact) mass is 457 g/mol. The number of benzene rings is 2. The van der Waals surface area contributed by atoms with Crippen molar-refractivity contribution >= 4 is 34.8 Å². The number of aromatic nitrogens is 2. The molecule has 10 heteroatoms. The van der Waals surface area contributed by atoms with Crippen molar-refractivity contribution in [2.24, 2.45) is 0 Å². The van der Waals surface area contributed by atoms with Crippen LogP contribution >= 0.6 is 23.2 Å². The number of hydrogen-bond donors (Lipinski definition) is 1. The molecule has 3 aromatic rings. The van der Waals surface area contributed by atoms with E-state index in [0.717, 1.165) is 6.20 Å². The molecule has 158 valence electrons. The van der Waals surface area contributed by atoms with Crippen LogP contribution in [0.4, 0.5) is 18.9 Å². The van der Waals surface area contributed by atoms with Crippen molar-refractivity contribution in [2.45, 2.75) is 19.5 Å². The molecule has 0 bridgehead atoms. The molecule has 0 aliphatic heterocycles. The second-order valence-corrected chi connectivity index (χ2v) is 7.11. The Balaban J connectivity index is 1.99. The molecule has 1 heterocycles. The minimum Gasteiger partial charge on any atom is -0.491 e. The Hall–Kier alpha value is -2.71. The number of amides is 1. The van der Waals surface area contributed by atoms with Gasteiger partial charge in [0, 0.05) is 10.0 Å². The van der Waals surface area contributed by atoms with E-state index in [0.29, 0.717) is 33.5 Å². The van der Waals surface area contributed by atoms with E-state index in [9.17, 15) is 18.0 Å². The summed E-state index contributed by atoms with van der Waals surface area (Å²) < 4.78 is 47.6. The summed E-state index contributed by atoms with van der Waals surface area (Å²) in [5.41, 5.74) is -1.58. The van der Waals surface area contributed by atoms with E-state index in [1.54, 1.807) is 6.07 Å². The number of nitrogens with one attached hydrogen (secondary N) is 1. The fourth-order valence-corrected chi connectivity index (χ4v) is 2.99. The Morgan fingerprint density at radius 3 is 2.43 bits per heavy atom. The van der Waals surface area contributed by atoms with Crippen LogP contribution in [0.3, 0.4) is 0 Å². The molecule has 1 N–H and O–H groups in total. The van der Waals surface area contributed by atoms with E-state index in [1.807, 2.05) is 6.92 Å². The van der Waals surface area contributed by atoms with Crippen LogP contribution in [0, 0.1) is 0 Å².